The summed E-state index contributed by atoms with van der Waals surface area (Å²) < 4.78 is 118. The molecule has 0 radical (unpaired) electrons. The predicted molar refractivity (Wildman–Crippen MR) is 112 cm³/mol. The summed E-state index contributed by atoms with van der Waals surface area (Å²) in [6, 6.07) is 12.5. The van der Waals surface area contributed by atoms with Crippen LogP contribution in [0.5, 0.6) is 0 Å². The number of hydrogen-bond donors (Lipinski definition) is 0. The first kappa shape index (κ1) is 24.8. The fourth-order valence-corrected chi connectivity index (χ4v) is 4.12. The van der Waals surface area contributed by atoms with Gasteiger partial charge < -0.3 is 0 Å². The molecule has 33 heavy (non-hydrogen) atoms. The minimum atomic E-state index is -10.5. The van der Waals surface area contributed by atoms with E-state index in [9.17, 15) is 37.0 Å². The Balaban J connectivity index is 1.75. The number of benzene rings is 3. The molecule has 0 N–H and O–H groups in total. The zero-order valence-corrected chi connectivity index (χ0v) is 17.8. The first-order chi connectivity index (χ1) is 15.0. The summed E-state index contributed by atoms with van der Waals surface area (Å²) in [6.45, 7) is 1.01. The summed E-state index contributed by atoms with van der Waals surface area (Å²) in [5.74, 6) is -6.64. The molecule has 0 atom stereocenters. The Morgan fingerprint density at radius 3 is 1.48 bits per heavy atom. The van der Waals surface area contributed by atoms with Gasteiger partial charge in [0, 0.05) is 5.56 Å². The number of rotatable bonds is 6. The van der Waals surface area contributed by atoms with E-state index in [1.807, 2.05) is 0 Å². The number of halogens is 9. The van der Waals surface area contributed by atoms with E-state index in [2.05, 4.69) is 0 Å². The van der Waals surface area contributed by atoms with E-state index in [0.29, 0.717) is 12.8 Å². The Morgan fingerprint density at radius 2 is 1.09 bits per heavy atom. The van der Waals surface area contributed by atoms with Crippen molar-refractivity contribution < 1.29 is 37.0 Å². The Kier molecular flexibility index (Phi) is 5.90. The van der Waals surface area contributed by atoms with Crippen LogP contribution in [0.2, 0.25) is 0 Å². The summed E-state index contributed by atoms with van der Waals surface area (Å²) in [4.78, 5) is -3.15. The zero-order valence-electron chi connectivity index (χ0n) is 17.0. The van der Waals surface area contributed by atoms with Gasteiger partial charge in [0.2, 0.25) is 0 Å². The van der Waals surface area contributed by atoms with Gasteiger partial charge in [-0.2, -0.15) is 0 Å². The molecule has 0 unspecified atom stereocenters. The maximum Gasteiger partial charge on any atom is 0.315 e. The summed E-state index contributed by atoms with van der Waals surface area (Å²) in [5.41, 5.74) is 1.54. The lowest BCUT2D eigenvalue weighted by Gasteiger charge is -2.40. The average molecular weight is 496 g/mol. The second-order valence-corrected chi connectivity index (χ2v) is 9.83. The highest BCUT2D eigenvalue weighted by molar-refractivity contribution is 8.45. The maximum absolute atomic E-state index is 13.8. The molecule has 10 heteroatoms. The van der Waals surface area contributed by atoms with E-state index in [0.717, 1.165) is 18.1 Å². The highest BCUT2D eigenvalue weighted by Crippen LogP contribution is 3.02. The van der Waals surface area contributed by atoms with Gasteiger partial charge in [0.25, 0.3) is 0 Å². The Bertz CT molecular complexity index is 1180. The van der Waals surface area contributed by atoms with Crippen LogP contribution in [0.15, 0.2) is 71.4 Å². The van der Waals surface area contributed by atoms with Crippen molar-refractivity contribution in [2.24, 2.45) is 0 Å². The van der Waals surface area contributed by atoms with Gasteiger partial charge in [-0.15, -0.1) is 0 Å². The van der Waals surface area contributed by atoms with E-state index in [1.54, 1.807) is 24.3 Å². The SMILES string of the molecule is CC(F)=C(F)c1ccc(CCc2ccc(-c3cc(F)c(S(F)(F)(F)(F)F)c(F)c3)cc2)cc1. The van der Waals surface area contributed by atoms with Gasteiger partial charge in [-0.05, 0) is 54.2 Å². The number of hydrogen-bond acceptors (Lipinski definition) is 0. The van der Waals surface area contributed by atoms with Crippen molar-refractivity contribution in [3.05, 3.63) is 94.8 Å². The Labute approximate surface area is 184 Å². The van der Waals surface area contributed by atoms with Crippen molar-refractivity contribution in [2.45, 2.75) is 24.7 Å². The van der Waals surface area contributed by atoms with E-state index in [4.69, 9.17) is 0 Å². The first-order valence-corrected chi connectivity index (χ1v) is 11.4. The third-order valence-corrected chi connectivity index (χ3v) is 6.05. The molecule has 178 valence electrons. The third-order valence-electron chi connectivity index (χ3n) is 4.88. The molecule has 0 saturated heterocycles. The van der Waals surface area contributed by atoms with Crippen molar-refractivity contribution in [3.63, 3.8) is 0 Å². The molecule has 0 aliphatic carbocycles. The topological polar surface area (TPSA) is 0 Å². The largest absolute Gasteiger partial charge is 0.315 e. The van der Waals surface area contributed by atoms with Crippen LogP contribution in [0.1, 0.15) is 23.6 Å². The van der Waals surface area contributed by atoms with Crippen LogP contribution in [0.3, 0.4) is 0 Å². The molecular formula is C23H17F9S. The summed E-state index contributed by atoms with van der Waals surface area (Å²) >= 11 is 0. The van der Waals surface area contributed by atoms with Gasteiger partial charge in [-0.1, -0.05) is 68.0 Å². The van der Waals surface area contributed by atoms with Crippen LogP contribution in [0, 0.1) is 11.6 Å². The lowest BCUT2D eigenvalue weighted by atomic mass is 9.99. The average Bonchev–Trinajstić information content (AvgIpc) is 2.69. The minimum Gasteiger partial charge on any atom is -0.209 e. The van der Waals surface area contributed by atoms with Gasteiger partial charge in [-0.3, -0.25) is 0 Å². The second-order valence-electron chi connectivity index (χ2n) is 7.48. The molecule has 3 rings (SSSR count). The summed E-state index contributed by atoms with van der Waals surface area (Å²) in [7, 11) is -10.5. The van der Waals surface area contributed by atoms with Crippen LogP contribution >= 0.6 is 10.2 Å². The molecule has 0 aliphatic heterocycles. The van der Waals surface area contributed by atoms with Gasteiger partial charge in [-0.25, -0.2) is 17.6 Å². The molecule has 3 aromatic carbocycles. The molecule has 0 saturated carbocycles. The molecule has 0 aromatic heterocycles. The van der Waals surface area contributed by atoms with Gasteiger partial charge >= 0.3 is 10.2 Å². The fourth-order valence-electron chi connectivity index (χ4n) is 3.26. The third kappa shape index (κ3) is 5.93. The molecule has 0 spiro atoms. The number of aryl methyl sites for hydroxylation is 2. The first-order valence-electron chi connectivity index (χ1n) is 9.49. The molecule has 0 amide bonds. The molecule has 0 heterocycles. The van der Waals surface area contributed by atoms with Crippen molar-refractivity contribution in [1.29, 1.82) is 0 Å². The van der Waals surface area contributed by atoms with Crippen molar-refractivity contribution >= 4 is 16.1 Å². The molecule has 3 aromatic rings. The van der Waals surface area contributed by atoms with E-state index < -0.39 is 38.4 Å². The summed E-state index contributed by atoms with van der Waals surface area (Å²) in [5, 5.41) is 0. The minimum absolute atomic E-state index is 0.110. The van der Waals surface area contributed by atoms with Crippen LogP contribution in [0.25, 0.3) is 17.0 Å². The Hall–Kier alpha value is -2.88. The molecule has 0 nitrogen and oxygen atoms in total. The van der Waals surface area contributed by atoms with Crippen LogP contribution in [0.4, 0.5) is 37.0 Å². The van der Waals surface area contributed by atoms with Crippen LogP contribution in [-0.4, -0.2) is 0 Å². The van der Waals surface area contributed by atoms with Crippen LogP contribution in [-0.2, 0) is 12.8 Å². The molecule has 0 fully saturated rings. The Morgan fingerprint density at radius 1 is 0.667 bits per heavy atom. The van der Waals surface area contributed by atoms with Crippen molar-refractivity contribution in [3.8, 4) is 11.1 Å². The fraction of sp³-hybridized carbons (Fsp3) is 0.130. The van der Waals surface area contributed by atoms with Crippen LogP contribution < -0.4 is 0 Å². The quantitative estimate of drug-likeness (QED) is 0.298. The van der Waals surface area contributed by atoms with Gasteiger partial charge in [0.05, 0.1) is 0 Å². The standard InChI is InChI=1S/C23H17F9S/c1-14(24)22(27)18-10-6-16(7-11-18)3-2-15-4-8-17(9-5-15)19-12-20(25)23(21(26)13-19)33(28,29,30,31)32/h4-13H,2-3H2,1H3. The molecule has 0 bridgehead atoms. The maximum atomic E-state index is 13.8. The van der Waals surface area contributed by atoms with E-state index in [-0.39, 0.29) is 28.8 Å². The van der Waals surface area contributed by atoms with E-state index in [1.165, 1.54) is 24.3 Å². The smallest absolute Gasteiger partial charge is 0.209 e. The molecule has 0 aliphatic rings. The predicted octanol–water partition coefficient (Wildman–Crippen LogP) is 9.70. The number of allylic oxidation sites excluding steroid dienone is 1. The van der Waals surface area contributed by atoms with Gasteiger partial charge in [0.15, 0.2) is 10.7 Å². The second kappa shape index (κ2) is 7.86. The zero-order chi connectivity index (χ0) is 24.7. The highest BCUT2D eigenvalue weighted by atomic mass is 32.5. The van der Waals surface area contributed by atoms with E-state index >= 15 is 0 Å². The van der Waals surface area contributed by atoms with Gasteiger partial charge in [0.1, 0.15) is 17.5 Å². The normalized spacial score (nSPS) is 15.0. The lowest BCUT2D eigenvalue weighted by molar-refractivity contribution is 0.345. The summed E-state index contributed by atoms with van der Waals surface area (Å²) in [6.07, 6.45) is 1.04. The monoisotopic (exact) mass is 496 g/mol. The highest BCUT2D eigenvalue weighted by Gasteiger charge is 2.68. The molecular weight excluding hydrogens is 479 g/mol. The van der Waals surface area contributed by atoms with Crippen molar-refractivity contribution in [1.82, 2.24) is 0 Å². The lowest BCUT2D eigenvalue weighted by Crippen LogP contribution is -2.11. The van der Waals surface area contributed by atoms with Crippen molar-refractivity contribution in [2.75, 3.05) is 0 Å².